The third kappa shape index (κ3) is 4.93. The van der Waals surface area contributed by atoms with E-state index in [1.165, 1.54) is 7.11 Å². The maximum absolute atomic E-state index is 13.1. The summed E-state index contributed by atoms with van der Waals surface area (Å²) >= 11 is 0. The van der Waals surface area contributed by atoms with E-state index in [0.717, 1.165) is 0 Å². The highest BCUT2D eigenvalue weighted by atomic mass is 31.2. The van der Waals surface area contributed by atoms with Crippen molar-refractivity contribution in [2.24, 2.45) is 0 Å². The van der Waals surface area contributed by atoms with Crippen LogP contribution < -0.4 is 0 Å². The Morgan fingerprint density at radius 1 is 0.725 bits per heavy atom. The van der Waals surface area contributed by atoms with Gasteiger partial charge in [0.15, 0.2) is 0 Å². The third-order valence-electron chi connectivity index (χ3n) is 8.52. The molecular weight excluding hydrogens is 579 g/mol. The molecule has 6 bridgehead atoms. The summed E-state index contributed by atoms with van der Waals surface area (Å²) in [6.07, 6.45) is -5.09. The van der Waals surface area contributed by atoms with Gasteiger partial charge in [0.2, 0.25) is 0 Å². The summed E-state index contributed by atoms with van der Waals surface area (Å²) in [6.45, 7) is -0.975. The zero-order chi connectivity index (χ0) is 28.7. The van der Waals surface area contributed by atoms with Gasteiger partial charge < -0.3 is 48.1 Å². The normalized spacial score (nSPS) is 51.9. The van der Waals surface area contributed by atoms with E-state index in [9.17, 15) is 24.0 Å². The molecule has 0 amide bonds. The number of hydrogen-bond acceptors (Lipinski definition) is 14. The Kier molecular flexibility index (Phi) is 7.79. The van der Waals surface area contributed by atoms with E-state index in [0.29, 0.717) is 0 Å². The largest absolute Gasteiger partial charge is 0.472 e. The first-order valence-corrected chi connectivity index (χ1v) is 16.1. The quantitative estimate of drug-likeness (QED) is 0.141. The monoisotopic (exact) mass is 612 g/mol. The Hall–Kier alpha value is 0.0948. The lowest BCUT2D eigenvalue weighted by atomic mass is 9.92. The van der Waals surface area contributed by atoms with E-state index in [-0.39, 0.29) is 26.4 Å². The standard InChI is InChI=1S/C19H33B3O16P2/c1-28-2-18-4-30-9(15(21)35-18)12(18)37-40(26,27)33-7-19-5-31-10(16(22)36-19)13(19)38-39(24,25)32-6-17-3-29-8(11(17)23)14(20)34-17/h8-16,23H,2-7,20-22H2,1H3,(H,24,25)(H,26,27)/t8?,9?,10?,11?,12?,13?,14?,15?,16?,17-,18+,19-/m1/s1. The maximum Gasteiger partial charge on any atom is 0.472 e. The summed E-state index contributed by atoms with van der Waals surface area (Å²) in [5.74, 6) is 0. The van der Waals surface area contributed by atoms with Crippen LogP contribution >= 0.6 is 15.6 Å². The van der Waals surface area contributed by atoms with Gasteiger partial charge in [0, 0.05) is 7.11 Å². The third-order valence-corrected chi connectivity index (χ3v) is 10.4. The SMILES string of the molecule is BC1O[C@@]2(COP(=O)(O)OC3C4OC[C@]3(COP(=O)(O)OC3C5OC[C@]3(COC)OC5B)OC4B)COC1C2O. The second-order valence-corrected chi connectivity index (χ2v) is 14.2. The molecule has 6 rings (SSSR count). The fraction of sp³-hybridized carbons (Fsp3) is 1.00. The van der Waals surface area contributed by atoms with Gasteiger partial charge in [-0.2, -0.15) is 0 Å². The minimum Gasteiger partial charge on any atom is -0.387 e. The van der Waals surface area contributed by atoms with Gasteiger partial charge in [-0.15, -0.1) is 0 Å². The van der Waals surface area contributed by atoms with Gasteiger partial charge in [0.25, 0.3) is 0 Å². The molecule has 11 unspecified atom stereocenters. The number of phosphoric acid groups is 2. The molecule has 0 spiro atoms. The van der Waals surface area contributed by atoms with Gasteiger partial charge >= 0.3 is 15.6 Å². The second kappa shape index (κ2) is 10.3. The summed E-state index contributed by atoms with van der Waals surface area (Å²) in [6, 6.07) is -1.41. The molecule has 6 aliphatic heterocycles. The van der Waals surface area contributed by atoms with E-state index in [1.54, 1.807) is 23.5 Å². The average molecular weight is 612 g/mol. The topological polar surface area (TPSA) is 196 Å². The Labute approximate surface area is 232 Å². The van der Waals surface area contributed by atoms with Crippen LogP contribution in [0.2, 0.25) is 0 Å². The highest BCUT2D eigenvalue weighted by Gasteiger charge is 2.66. The summed E-state index contributed by atoms with van der Waals surface area (Å²) in [5, 5.41) is 10.5. The molecule has 0 aromatic rings. The average Bonchev–Trinajstić information content (AvgIpc) is 3.65. The number of phosphoric ester groups is 2. The first-order chi connectivity index (χ1) is 18.7. The van der Waals surface area contributed by atoms with Gasteiger partial charge in [-0.25, -0.2) is 9.13 Å². The summed E-state index contributed by atoms with van der Waals surface area (Å²) in [4.78, 5) is 21.2. The smallest absolute Gasteiger partial charge is 0.387 e. The lowest BCUT2D eigenvalue weighted by molar-refractivity contribution is -0.145. The van der Waals surface area contributed by atoms with Crippen molar-refractivity contribution in [3.05, 3.63) is 0 Å². The zero-order valence-corrected chi connectivity index (χ0v) is 24.3. The molecule has 6 heterocycles. The van der Waals surface area contributed by atoms with Crippen molar-refractivity contribution in [1.82, 2.24) is 0 Å². The number of ether oxygens (including phenoxy) is 7. The molecule has 0 radical (unpaired) electrons. The van der Waals surface area contributed by atoms with E-state index in [2.05, 4.69) is 0 Å². The maximum atomic E-state index is 13.1. The van der Waals surface area contributed by atoms with Crippen molar-refractivity contribution < 1.29 is 75.3 Å². The molecule has 3 N–H and O–H groups in total. The van der Waals surface area contributed by atoms with Crippen molar-refractivity contribution >= 4 is 39.2 Å². The van der Waals surface area contributed by atoms with Gasteiger partial charge in [-0.05, 0) is 0 Å². The van der Waals surface area contributed by atoms with Crippen molar-refractivity contribution in [2.45, 2.75) is 71.4 Å². The first-order valence-electron chi connectivity index (χ1n) is 13.1. The van der Waals surface area contributed by atoms with Crippen LogP contribution in [0.4, 0.5) is 0 Å². The molecule has 0 aromatic heterocycles. The summed E-state index contributed by atoms with van der Waals surface area (Å²) in [5.41, 5.74) is -3.87. The van der Waals surface area contributed by atoms with Crippen LogP contribution in [-0.4, -0.2) is 157 Å². The Morgan fingerprint density at radius 2 is 1.12 bits per heavy atom. The number of methoxy groups -OCH3 is 1. The second-order valence-electron chi connectivity index (χ2n) is 11.4. The van der Waals surface area contributed by atoms with Gasteiger partial charge in [0.05, 0.1) is 57.7 Å². The van der Waals surface area contributed by atoms with E-state index in [4.69, 9.17) is 51.3 Å². The summed E-state index contributed by atoms with van der Waals surface area (Å²) in [7, 11) is -2.88. The molecule has 6 aliphatic rings. The molecule has 16 nitrogen and oxygen atoms in total. The number of rotatable bonds is 12. The number of hydrogen-bond donors (Lipinski definition) is 3. The predicted molar refractivity (Wildman–Crippen MR) is 137 cm³/mol. The molecular formula is C19H33B3O16P2. The minimum absolute atomic E-state index is 0.00950. The Morgan fingerprint density at radius 3 is 1.55 bits per heavy atom. The number of fused-ring (bicyclic) bond motifs is 6. The van der Waals surface area contributed by atoms with Crippen molar-refractivity contribution in [2.75, 3.05) is 46.8 Å². The lowest BCUT2D eigenvalue weighted by Crippen LogP contribution is -2.47. The molecule has 40 heavy (non-hydrogen) atoms. The lowest BCUT2D eigenvalue weighted by Gasteiger charge is -2.33. The molecule has 14 atom stereocenters. The molecule has 0 saturated carbocycles. The number of aliphatic hydroxyl groups excluding tert-OH is 1. The summed E-state index contributed by atoms with van der Waals surface area (Å²) < 4.78 is 87.4. The minimum atomic E-state index is -4.77. The molecule has 21 heteroatoms. The van der Waals surface area contributed by atoms with Crippen molar-refractivity contribution in [3.63, 3.8) is 0 Å². The van der Waals surface area contributed by atoms with E-state index < -0.39 is 100 Å². The molecule has 0 aromatic carbocycles. The van der Waals surface area contributed by atoms with Crippen LogP contribution in [0, 0.1) is 0 Å². The van der Waals surface area contributed by atoms with Crippen molar-refractivity contribution in [3.8, 4) is 0 Å². The zero-order valence-electron chi connectivity index (χ0n) is 22.5. The van der Waals surface area contributed by atoms with Gasteiger partial charge in [0.1, 0.15) is 77.0 Å². The fourth-order valence-corrected chi connectivity index (χ4v) is 8.74. The molecule has 6 saturated heterocycles. The van der Waals surface area contributed by atoms with Crippen LogP contribution in [0.3, 0.4) is 0 Å². The van der Waals surface area contributed by atoms with Crippen LogP contribution in [0.1, 0.15) is 0 Å². The van der Waals surface area contributed by atoms with Crippen LogP contribution in [0.25, 0.3) is 0 Å². The van der Waals surface area contributed by atoms with E-state index >= 15 is 0 Å². The Bertz CT molecular complexity index is 1090. The molecule has 224 valence electrons. The first kappa shape index (κ1) is 30.1. The van der Waals surface area contributed by atoms with Crippen LogP contribution in [0.5, 0.6) is 0 Å². The van der Waals surface area contributed by atoms with Crippen LogP contribution in [0.15, 0.2) is 0 Å². The van der Waals surface area contributed by atoms with E-state index in [1.807, 2.05) is 0 Å². The van der Waals surface area contributed by atoms with Crippen molar-refractivity contribution in [1.29, 1.82) is 0 Å². The van der Waals surface area contributed by atoms with Gasteiger partial charge in [-0.1, -0.05) is 0 Å². The van der Waals surface area contributed by atoms with Gasteiger partial charge in [-0.3, -0.25) is 18.1 Å². The fourth-order valence-electron chi connectivity index (χ4n) is 6.66. The van der Waals surface area contributed by atoms with Crippen LogP contribution in [-0.2, 0) is 60.4 Å². The number of aliphatic hydroxyl groups is 1. The predicted octanol–water partition coefficient (Wildman–Crippen LogP) is -4.62. The Balaban J connectivity index is 1.10. The molecule has 0 aliphatic carbocycles. The highest BCUT2D eigenvalue weighted by Crippen LogP contribution is 2.56. The molecule has 6 fully saturated rings. The highest BCUT2D eigenvalue weighted by molar-refractivity contribution is 7.47.